The molecule has 1 aromatic heterocycles. The minimum atomic E-state index is 0.556. The Kier molecular flexibility index (Phi) is 3.63. The van der Waals surface area contributed by atoms with Crippen molar-refractivity contribution in [2.75, 3.05) is 30.8 Å². The zero-order valence-corrected chi connectivity index (χ0v) is 12.0. The molecule has 1 N–H and O–H groups in total. The molecule has 18 heavy (non-hydrogen) atoms. The molecule has 98 valence electrons. The normalized spacial score (nSPS) is 23.2. The van der Waals surface area contributed by atoms with Crippen LogP contribution >= 0.6 is 23.4 Å². The lowest BCUT2D eigenvalue weighted by Crippen LogP contribution is -2.43. The van der Waals surface area contributed by atoms with Gasteiger partial charge in [0, 0.05) is 24.7 Å². The Hall–Kier alpha value is -0.520. The van der Waals surface area contributed by atoms with Gasteiger partial charge in [-0.2, -0.15) is 0 Å². The Bertz CT molecular complexity index is 454. The van der Waals surface area contributed by atoms with Gasteiger partial charge in [-0.25, -0.2) is 9.97 Å². The highest BCUT2D eigenvalue weighted by atomic mass is 35.5. The lowest BCUT2D eigenvalue weighted by atomic mass is 10.00. The van der Waals surface area contributed by atoms with Gasteiger partial charge in [-0.1, -0.05) is 23.4 Å². The summed E-state index contributed by atoms with van der Waals surface area (Å²) in [7, 11) is 0. The molecule has 0 amide bonds. The third-order valence-electron chi connectivity index (χ3n) is 3.67. The Balaban J connectivity index is 2.03. The van der Waals surface area contributed by atoms with E-state index in [1.54, 1.807) is 11.8 Å². The molecular weight excluding hydrogens is 268 g/mol. The number of fused-ring (bicyclic) bond motifs is 3. The Morgan fingerprint density at radius 1 is 1.44 bits per heavy atom. The Labute approximate surface area is 117 Å². The summed E-state index contributed by atoms with van der Waals surface area (Å²) in [6, 6.07) is 0.556. The zero-order valence-electron chi connectivity index (χ0n) is 10.4. The van der Waals surface area contributed by atoms with Crippen molar-refractivity contribution in [3.63, 3.8) is 0 Å². The summed E-state index contributed by atoms with van der Waals surface area (Å²) in [5.41, 5.74) is 1.13. The molecule has 3 rings (SSSR count). The molecule has 2 aliphatic rings. The van der Waals surface area contributed by atoms with E-state index in [2.05, 4.69) is 20.2 Å². The van der Waals surface area contributed by atoms with Crippen LogP contribution in [0.4, 0.5) is 5.82 Å². The van der Waals surface area contributed by atoms with E-state index < -0.39 is 0 Å². The predicted molar refractivity (Wildman–Crippen MR) is 75.8 cm³/mol. The number of aromatic nitrogens is 2. The molecule has 0 saturated carbocycles. The molecule has 0 radical (unpaired) electrons. The highest BCUT2D eigenvalue weighted by Crippen LogP contribution is 2.34. The molecule has 1 aromatic rings. The third kappa shape index (κ3) is 2.19. The molecule has 1 atom stereocenters. The van der Waals surface area contributed by atoms with E-state index in [0.29, 0.717) is 11.2 Å². The quantitative estimate of drug-likeness (QED) is 0.485. The fourth-order valence-electron chi connectivity index (χ4n) is 2.75. The van der Waals surface area contributed by atoms with Gasteiger partial charge in [0.05, 0.1) is 0 Å². The van der Waals surface area contributed by atoms with Gasteiger partial charge in [0.2, 0.25) is 0 Å². The highest BCUT2D eigenvalue weighted by Gasteiger charge is 2.30. The first kappa shape index (κ1) is 12.5. The molecule has 6 heteroatoms. The predicted octanol–water partition coefficient (Wildman–Crippen LogP) is 1.97. The molecule has 4 nitrogen and oxygen atoms in total. The Morgan fingerprint density at radius 3 is 3.17 bits per heavy atom. The molecule has 0 spiro atoms. The van der Waals surface area contributed by atoms with Gasteiger partial charge in [-0.3, -0.25) is 0 Å². The maximum absolute atomic E-state index is 6.29. The van der Waals surface area contributed by atoms with E-state index in [0.717, 1.165) is 55.4 Å². The summed E-state index contributed by atoms with van der Waals surface area (Å²) in [5, 5.41) is 4.91. The summed E-state index contributed by atoms with van der Waals surface area (Å²) in [5.74, 6) is 1.07. The lowest BCUT2D eigenvalue weighted by molar-refractivity contribution is 0.519. The molecule has 0 aliphatic carbocycles. The number of halogens is 1. The number of anilines is 1. The van der Waals surface area contributed by atoms with Gasteiger partial charge < -0.3 is 10.2 Å². The second-order valence-corrected chi connectivity index (χ2v) is 5.88. The fourth-order valence-corrected chi connectivity index (χ4v) is 3.42. The van der Waals surface area contributed by atoms with Crippen LogP contribution in [0, 0.1) is 0 Å². The smallest absolute Gasteiger partial charge is 0.190 e. The van der Waals surface area contributed by atoms with Crippen molar-refractivity contribution in [1.82, 2.24) is 15.3 Å². The summed E-state index contributed by atoms with van der Waals surface area (Å²) in [6.45, 7) is 3.21. The lowest BCUT2D eigenvalue weighted by Gasteiger charge is -2.36. The van der Waals surface area contributed by atoms with Crippen molar-refractivity contribution in [2.24, 2.45) is 0 Å². The van der Waals surface area contributed by atoms with E-state index in [4.69, 9.17) is 11.6 Å². The first-order valence-corrected chi connectivity index (χ1v) is 7.97. The summed E-state index contributed by atoms with van der Waals surface area (Å²) < 4.78 is 0. The van der Waals surface area contributed by atoms with E-state index in [-0.39, 0.29) is 0 Å². The van der Waals surface area contributed by atoms with Crippen LogP contribution < -0.4 is 10.2 Å². The second-order valence-electron chi connectivity index (χ2n) is 4.75. The van der Waals surface area contributed by atoms with Gasteiger partial charge >= 0.3 is 0 Å². The van der Waals surface area contributed by atoms with E-state index in [9.17, 15) is 0 Å². The van der Waals surface area contributed by atoms with Crippen LogP contribution in [0.1, 0.15) is 18.4 Å². The van der Waals surface area contributed by atoms with Crippen molar-refractivity contribution in [1.29, 1.82) is 0 Å². The molecule has 1 saturated heterocycles. The van der Waals surface area contributed by atoms with Crippen LogP contribution in [0.5, 0.6) is 0 Å². The van der Waals surface area contributed by atoms with Crippen LogP contribution in [-0.2, 0) is 6.42 Å². The number of nitrogens with zero attached hydrogens (tertiary/aromatic N) is 3. The minimum absolute atomic E-state index is 0.556. The van der Waals surface area contributed by atoms with E-state index in [1.165, 1.54) is 0 Å². The average Bonchev–Trinajstić information content (AvgIpc) is 2.63. The topological polar surface area (TPSA) is 41.1 Å². The number of hydrogen-bond donors (Lipinski definition) is 1. The van der Waals surface area contributed by atoms with Crippen LogP contribution in [-0.4, -0.2) is 41.9 Å². The largest absolute Gasteiger partial charge is 0.352 e. The fraction of sp³-hybridized carbons (Fsp3) is 0.667. The maximum Gasteiger partial charge on any atom is 0.190 e. The van der Waals surface area contributed by atoms with E-state index >= 15 is 0 Å². The highest BCUT2D eigenvalue weighted by molar-refractivity contribution is 7.98. The van der Waals surface area contributed by atoms with Gasteiger partial charge in [0.15, 0.2) is 5.16 Å². The van der Waals surface area contributed by atoms with Crippen LogP contribution in [0.15, 0.2) is 5.16 Å². The summed E-state index contributed by atoms with van der Waals surface area (Å²) >= 11 is 7.84. The van der Waals surface area contributed by atoms with Crippen LogP contribution in [0.3, 0.4) is 0 Å². The van der Waals surface area contributed by atoms with Crippen molar-refractivity contribution < 1.29 is 0 Å². The molecule has 0 bridgehead atoms. The van der Waals surface area contributed by atoms with Crippen molar-refractivity contribution >= 4 is 29.2 Å². The number of hydrogen-bond acceptors (Lipinski definition) is 5. The molecule has 2 aliphatic heterocycles. The van der Waals surface area contributed by atoms with Crippen LogP contribution in [0.2, 0.25) is 5.15 Å². The Morgan fingerprint density at radius 2 is 2.33 bits per heavy atom. The number of thioether (sulfide) groups is 1. The molecule has 3 heterocycles. The third-order valence-corrected chi connectivity index (χ3v) is 4.53. The molecule has 0 unspecified atom stereocenters. The molecule has 1 fully saturated rings. The maximum atomic E-state index is 6.29. The monoisotopic (exact) mass is 284 g/mol. The average molecular weight is 285 g/mol. The molecular formula is C12H17ClN4S. The van der Waals surface area contributed by atoms with Crippen molar-refractivity contribution in [3.05, 3.63) is 10.7 Å². The minimum Gasteiger partial charge on any atom is -0.352 e. The van der Waals surface area contributed by atoms with Gasteiger partial charge in [0.25, 0.3) is 0 Å². The van der Waals surface area contributed by atoms with E-state index in [1.807, 2.05) is 6.26 Å². The second kappa shape index (κ2) is 5.23. The first-order valence-electron chi connectivity index (χ1n) is 6.37. The van der Waals surface area contributed by atoms with Crippen molar-refractivity contribution in [2.45, 2.75) is 30.5 Å². The number of nitrogens with one attached hydrogen (secondary N) is 1. The standard InChI is InChI=1S/C12H17ClN4S/c1-18-12-15-10(13)9-4-3-8-7-14-5-2-6-17(8)11(9)16-12/h8,14H,2-7H2,1H3/t8-/m1/s1. The number of rotatable bonds is 1. The van der Waals surface area contributed by atoms with Gasteiger partial charge in [0.1, 0.15) is 11.0 Å². The van der Waals surface area contributed by atoms with Crippen LogP contribution in [0.25, 0.3) is 0 Å². The van der Waals surface area contributed by atoms with Gasteiger partial charge in [-0.15, -0.1) is 0 Å². The SMILES string of the molecule is CSc1nc(Cl)c2c(n1)N1CCCNC[C@H]1CC2. The summed E-state index contributed by atoms with van der Waals surface area (Å²) in [6.07, 6.45) is 5.28. The summed E-state index contributed by atoms with van der Waals surface area (Å²) in [4.78, 5) is 11.4. The molecule has 0 aromatic carbocycles. The van der Waals surface area contributed by atoms with Crippen molar-refractivity contribution in [3.8, 4) is 0 Å². The zero-order chi connectivity index (χ0) is 12.5. The van der Waals surface area contributed by atoms with Gasteiger partial charge in [-0.05, 0) is 32.1 Å². The first-order chi connectivity index (χ1) is 8.79.